The van der Waals surface area contributed by atoms with Crippen molar-refractivity contribution in [1.29, 1.82) is 0 Å². The molecule has 84 valence electrons. The second kappa shape index (κ2) is 3.13. The van der Waals surface area contributed by atoms with Crippen LogP contribution in [0.5, 0.6) is 0 Å². The lowest BCUT2D eigenvalue weighted by atomic mass is 10.0. The van der Waals surface area contributed by atoms with Gasteiger partial charge in [-0.25, -0.2) is 0 Å². The molecule has 0 aliphatic carbocycles. The summed E-state index contributed by atoms with van der Waals surface area (Å²) >= 11 is 0. The van der Waals surface area contributed by atoms with Crippen LogP contribution in [-0.4, -0.2) is 12.0 Å². The van der Waals surface area contributed by atoms with Crippen molar-refractivity contribution in [2.24, 2.45) is 10.2 Å². The monoisotopic (exact) mass is 228 g/mol. The summed E-state index contributed by atoms with van der Waals surface area (Å²) in [5.74, 6) is -0.197. The average Bonchev–Trinajstić information content (AvgIpc) is 2.97. The van der Waals surface area contributed by atoms with E-state index in [1.54, 1.807) is 0 Å². The van der Waals surface area contributed by atoms with Crippen molar-refractivity contribution in [2.45, 2.75) is 18.8 Å². The Morgan fingerprint density at radius 3 is 2.00 bits per heavy atom. The Labute approximate surface area is 89.0 Å². The number of ketones is 1. The quantitative estimate of drug-likeness (QED) is 0.717. The first-order valence-electron chi connectivity index (χ1n) is 4.49. The van der Waals surface area contributed by atoms with Crippen molar-refractivity contribution in [3.05, 3.63) is 35.4 Å². The maximum Gasteiger partial charge on any atom is 0.442 e. The number of hydrogen-bond acceptors (Lipinski definition) is 3. The fourth-order valence-corrected chi connectivity index (χ4v) is 1.38. The normalized spacial score (nSPS) is 17.2. The molecule has 1 aromatic carbocycles. The van der Waals surface area contributed by atoms with E-state index >= 15 is 0 Å². The maximum atomic E-state index is 12.6. The van der Waals surface area contributed by atoms with Gasteiger partial charge in [0.05, 0.1) is 0 Å². The third kappa shape index (κ3) is 1.50. The number of carbonyl (C=O) groups is 1. The third-order valence-corrected chi connectivity index (χ3v) is 2.39. The maximum absolute atomic E-state index is 12.6. The topological polar surface area (TPSA) is 41.8 Å². The fourth-order valence-electron chi connectivity index (χ4n) is 1.38. The van der Waals surface area contributed by atoms with Crippen molar-refractivity contribution in [2.75, 3.05) is 0 Å². The zero-order valence-electron chi connectivity index (χ0n) is 8.25. The van der Waals surface area contributed by atoms with E-state index in [0.717, 1.165) is 0 Å². The molecule has 0 bridgehead atoms. The molecule has 1 aromatic rings. The molecule has 0 fully saturated rings. The Kier molecular flexibility index (Phi) is 2.11. The molecule has 0 saturated heterocycles. The van der Waals surface area contributed by atoms with Gasteiger partial charge in [0.15, 0.2) is 5.78 Å². The molecule has 0 saturated carbocycles. The minimum absolute atomic E-state index is 0.0648. The third-order valence-electron chi connectivity index (χ3n) is 2.39. The number of benzene rings is 1. The molecule has 16 heavy (non-hydrogen) atoms. The molecule has 0 N–H and O–H groups in total. The minimum Gasteiger partial charge on any atom is -0.295 e. The van der Waals surface area contributed by atoms with Crippen LogP contribution in [0, 0.1) is 0 Å². The zero-order valence-corrected chi connectivity index (χ0v) is 8.25. The first-order valence-corrected chi connectivity index (χ1v) is 4.49. The van der Waals surface area contributed by atoms with E-state index < -0.39 is 11.8 Å². The molecule has 1 aliphatic heterocycles. The van der Waals surface area contributed by atoms with E-state index in [4.69, 9.17) is 0 Å². The van der Waals surface area contributed by atoms with Crippen LogP contribution in [0.2, 0.25) is 0 Å². The fraction of sp³-hybridized carbons (Fsp3) is 0.300. The van der Waals surface area contributed by atoms with Crippen LogP contribution in [0.3, 0.4) is 0 Å². The predicted molar refractivity (Wildman–Crippen MR) is 49.0 cm³/mol. The lowest BCUT2D eigenvalue weighted by Crippen LogP contribution is -2.30. The highest BCUT2D eigenvalue weighted by atomic mass is 19.4. The molecule has 0 aromatic heterocycles. The van der Waals surface area contributed by atoms with Crippen molar-refractivity contribution in [3.63, 3.8) is 0 Å². The van der Waals surface area contributed by atoms with Crippen LogP contribution in [0.15, 0.2) is 34.5 Å². The van der Waals surface area contributed by atoms with E-state index in [1.807, 2.05) is 0 Å². The van der Waals surface area contributed by atoms with Gasteiger partial charge in [-0.05, 0) is 6.92 Å². The van der Waals surface area contributed by atoms with E-state index in [2.05, 4.69) is 10.2 Å². The zero-order chi connectivity index (χ0) is 12.0. The van der Waals surface area contributed by atoms with Gasteiger partial charge in [0.2, 0.25) is 0 Å². The largest absolute Gasteiger partial charge is 0.442 e. The van der Waals surface area contributed by atoms with Gasteiger partial charge in [-0.2, -0.15) is 13.2 Å². The van der Waals surface area contributed by atoms with Crippen molar-refractivity contribution >= 4 is 5.78 Å². The van der Waals surface area contributed by atoms with Crippen LogP contribution < -0.4 is 0 Å². The summed E-state index contributed by atoms with van der Waals surface area (Å²) in [5.41, 5.74) is -2.10. The molecular weight excluding hydrogens is 221 g/mol. The highest BCUT2D eigenvalue weighted by Gasteiger charge is 2.65. The number of carbonyl (C=O) groups excluding carboxylic acids is 1. The summed E-state index contributed by atoms with van der Waals surface area (Å²) in [6.45, 7) is 1.35. The summed E-state index contributed by atoms with van der Waals surface area (Å²) in [7, 11) is 0. The summed E-state index contributed by atoms with van der Waals surface area (Å²) in [5, 5.41) is 6.13. The van der Waals surface area contributed by atoms with Crippen molar-refractivity contribution in [1.82, 2.24) is 0 Å². The van der Waals surface area contributed by atoms with Crippen LogP contribution in [0.1, 0.15) is 22.8 Å². The standard InChI is InChI=1S/C10H7F3N2O/c1-6(16)7-2-4-8(5-3-7)9(14-15-9)10(11,12)13/h2-5H,1H3. The number of Topliss-reactive ketones (excluding diaryl/α,β-unsaturated/α-hetero) is 1. The van der Waals surface area contributed by atoms with E-state index in [1.165, 1.54) is 31.2 Å². The molecule has 2 rings (SSSR count). The Morgan fingerprint density at radius 1 is 1.19 bits per heavy atom. The molecule has 1 aliphatic rings. The number of halogens is 3. The molecule has 0 unspecified atom stereocenters. The lowest BCUT2D eigenvalue weighted by molar-refractivity contribution is -0.166. The number of nitrogens with zero attached hydrogens (tertiary/aromatic N) is 2. The molecule has 0 spiro atoms. The van der Waals surface area contributed by atoms with Crippen LogP contribution in [-0.2, 0) is 5.66 Å². The minimum atomic E-state index is -4.52. The van der Waals surface area contributed by atoms with Crippen molar-refractivity contribution in [3.8, 4) is 0 Å². The molecule has 1 heterocycles. The number of rotatable bonds is 2. The average molecular weight is 228 g/mol. The predicted octanol–water partition coefficient (Wildman–Crippen LogP) is 3.07. The van der Waals surface area contributed by atoms with Gasteiger partial charge in [0, 0.05) is 11.1 Å². The Morgan fingerprint density at radius 2 is 1.69 bits per heavy atom. The highest BCUT2D eigenvalue weighted by Crippen LogP contribution is 2.52. The highest BCUT2D eigenvalue weighted by molar-refractivity contribution is 5.94. The Balaban J connectivity index is 2.33. The van der Waals surface area contributed by atoms with Gasteiger partial charge in [-0.1, -0.05) is 24.3 Å². The van der Waals surface area contributed by atoms with Gasteiger partial charge in [0.1, 0.15) is 0 Å². The summed E-state index contributed by atoms with van der Waals surface area (Å²) in [4.78, 5) is 10.9. The molecule has 0 atom stereocenters. The molecule has 0 radical (unpaired) electrons. The van der Waals surface area contributed by atoms with Gasteiger partial charge in [-0.15, -0.1) is 10.2 Å². The first kappa shape index (κ1) is 10.8. The SMILES string of the molecule is CC(=O)c1ccc(C2(C(F)(F)F)N=N2)cc1. The van der Waals surface area contributed by atoms with Gasteiger partial charge < -0.3 is 0 Å². The van der Waals surface area contributed by atoms with E-state index in [0.29, 0.717) is 5.56 Å². The number of hydrogen-bond donors (Lipinski definition) is 0. The lowest BCUT2D eigenvalue weighted by Gasteiger charge is -2.14. The second-order valence-electron chi connectivity index (χ2n) is 3.50. The van der Waals surface area contributed by atoms with Gasteiger partial charge in [-0.3, -0.25) is 4.79 Å². The summed E-state index contributed by atoms with van der Waals surface area (Å²) in [6, 6.07) is 5.14. The van der Waals surface area contributed by atoms with Gasteiger partial charge in [0.25, 0.3) is 0 Å². The molecule has 3 nitrogen and oxygen atoms in total. The smallest absolute Gasteiger partial charge is 0.295 e. The van der Waals surface area contributed by atoms with E-state index in [9.17, 15) is 18.0 Å². The summed E-state index contributed by atoms with van der Waals surface area (Å²) in [6.07, 6.45) is -4.52. The second-order valence-corrected chi connectivity index (χ2v) is 3.50. The van der Waals surface area contributed by atoms with Crippen LogP contribution in [0.25, 0.3) is 0 Å². The molecular formula is C10H7F3N2O. The van der Waals surface area contributed by atoms with Gasteiger partial charge >= 0.3 is 11.8 Å². The number of alkyl halides is 3. The Hall–Kier alpha value is -1.72. The molecule has 0 amide bonds. The van der Waals surface area contributed by atoms with Crippen LogP contribution >= 0.6 is 0 Å². The molecule has 6 heteroatoms. The summed E-state index contributed by atoms with van der Waals surface area (Å²) < 4.78 is 37.8. The Bertz CT molecular complexity index is 456. The van der Waals surface area contributed by atoms with Crippen molar-refractivity contribution < 1.29 is 18.0 Å². The first-order chi connectivity index (χ1) is 7.37. The van der Waals surface area contributed by atoms with Crippen LogP contribution in [0.4, 0.5) is 13.2 Å². The van der Waals surface area contributed by atoms with E-state index in [-0.39, 0.29) is 11.3 Å².